The summed E-state index contributed by atoms with van der Waals surface area (Å²) >= 11 is 0. The van der Waals surface area contributed by atoms with Crippen molar-refractivity contribution in [3.05, 3.63) is 0 Å². The van der Waals surface area contributed by atoms with E-state index in [9.17, 15) is 14.4 Å². The molecule has 0 bridgehead atoms. The SMILES string of the molecule is CC(=O)C(=O)O.O=C(O)C(O)CO. The van der Waals surface area contributed by atoms with Crippen molar-refractivity contribution in [3.63, 3.8) is 0 Å². The number of aliphatic hydroxyl groups is 2. The summed E-state index contributed by atoms with van der Waals surface area (Å²) in [5, 5.41) is 31.4. The number of carboxylic acids is 2. The summed E-state index contributed by atoms with van der Waals surface area (Å²) < 4.78 is 0. The zero-order valence-electron chi connectivity index (χ0n) is 6.80. The Morgan fingerprint density at radius 2 is 1.54 bits per heavy atom. The standard InChI is InChI=1S/C3H6O4.C3H4O3/c4-1-2(5)3(6)7;1-2(4)3(5)6/h2,4-5H,1H2,(H,6,7);1H3,(H,5,6). The van der Waals surface area contributed by atoms with Gasteiger partial charge in [-0.1, -0.05) is 0 Å². The highest BCUT2D eigenvalue weighted by Crippen LogP contribution is 1.75. The highest BCUT2D eigenvalue weighted by molar-refractivity contribution is 6.31. The normalized spacial score (nSPS) is 10.7. The Morgan fingerprint density at radius 3 is 1.54 bits per heavy atom. The summed E-state index contributed by atoms with van der Waals surface area (Å²) in [6.45, 7) is 0.275. The molecule has 0 aromatic carbocycles. The molecule has 0 saturated heterocycles. The fraction of sp³-hybridized carbons (Fsp3) is 0.500. The largest absolute Gasteiger partial charge is 0.479 e. The van der Waals surface area contributed by atoms with Crippen LogP contribution in [0.3, 0.4) is 0 Å². The van der Waals surface area contributed by atoms with Crippen molar-refractivity contribution < 1.29 is 34.8 Å². The topological polar surface area (TPSA) is 132 Å². The van der Waals surface area contributed by atoms with Crippen LogP contribution >= 0.6 is 0 Å². The third-order valence-electron chi connectivity index (χ3n) is 0.759. The van der Waals surface area contributed by atoms with Crippen LogP contribution in [0.4, 0.5) is 0 Å². The molecule has 4 N–H and O–H groups in total. The lowest BCUT2D eigenvalue weighted by Gasteiger charge is -1.95. The lowest BCUT2D eigenvalue weighted by atomic mass is 10.4. The highest BCUT2D eigenvalue weighted by atomic mass is 16.4. The summed E-state index contributed by atoms with van der Waals surface area (Å²) in [4.78, 5) is 28.4. The number of hydrogen-bond donors (Lipinski definition) is 4. The third kappa shape index (κ3) is 10.5. The van der Waals surface area contributed by atoms with Gasteiger partial charge < -0.3 is 20.4 Å². The zero-order chi connectivity index (χ0) is 11.0. The average molecular weight is 194 g/mol. The van der Waals surface area contributed by atoms with Gasteiger partial charge >= 0.3 is 11.9 Å². The predicted molar refractivity (Wildman–Crippen MR) is 39.0 cm³/mol. The van der Waals surface area contributed by atoms with Crippen LogP contribution in [0, 0.1) is 0 Å². The van der Waals surface area contributed by atoms with Crippen molar-refractivity contribution >= 4 is 17.7 Å². The van der Waals surface area contributed by atoms with Crippen molar-refractivity contribution in [2.75, 3.05) is 6.61 Å². The molecule has 0 aromatic heterocycles. The Morgan fingerprint density at radius 1 is 1.23 bits per heavy atom. The lowest BCUT2D eigenvalue weighted by molar-refractivity contribution is -0.148. The summed E-state index contributed by atoms with van der Waals surface area (Å²) in [5.74, 6) is -3.60. The summed E-state index contributed by atoms with van der Waals surface area (Å²) in [6.07, 6.45) is -1.63. The molecule has 0 saturated carbocycles. The number of Topliss-reactive ketones (excluding diaryl/α,β-unsaturated/α-hetero) is 1. The van der Waals surface area contributed by atoms with E-state index in [0.29, 0.717) is 0 Å². The van der Waals surface area contributed by atoms with Crippen LogP contribution in [-0.4, -0.2) is 50.9 Å². The number of carbonyl (C=O) groups is 3. The van der Waals surface area contributed by atoms with E-state index in [4.69, 9.17) is 20.4 Å². The smallest absolute Gasteiger partial charge is 0.371 e. The van der Waals surface area contributed by atoms with Crippen LogP contribution in [0.15, 0.2) is 0 Å². The van der Waals surface area contributed by atoms with Gasteiger partial charge in [0.15, 0.2) is 6.10 Å². The molecule has 0 radical (unpaired) electrons. The summed E-state index contributed by atoms with van der Waals surface area (Å²) in [5.41, 5.74) is 0. The number of ketones is 1. The molecule has 0 aliphatic heterocycles. The second kappa shape index (κ2) is 7.19. The van der Waals surface area contributed by atoms with Gasteiger partial charge in [0.1, 0.15) is 0 Å². The first-order valence-electron chi connectivity index (χ1n) is 3.08. The maximum Gasteiger partial charge on any atom is 0.371 e. The molecule has 0 spiro atoms. The van der Waals surface area contributed by atoms with Crippen molar-refractivity contribution in [1.82, 2.24) is 0 Å². The Labute approximate surface area is 73.2 Å². The zero-order valence-corrected chi connectivity index (χ0v) is 6.80. The van der Waals surface area contributed by atoms with E-state index in [1.165, 1.54) is 0 Å². The van der Waals surface area contributed by atoms with Crippen LogP contribution in [-0.2, 0) is 14.4 Å². The molecule has 1 unspecified atom stereocenters. The Bertz CT molecular complexity index is 185. The molecule has 7 heteroatoms. The third-order valence-corrected chi connectivity index (χ3v) is 0.759. The van der Waals surface area contributed by atoms with Gasteiger partial charge in [0, 0.05) is 6.92 Å². The maximum absolute atomic E-state index is 9.54. The Kier molecular flexibility index (Phi) is 7.79. The molecule has 0 heterocycles. The number of rotatable bonds is 3. The van der Waals surface area contributed by atoms with E-state index < -0.39 is 30.4 Å². The van der Waals surface area contributed by atoms with Crippen LogP contribution in [0.2, 0.25) is 0 Å². The fourth-order valence-corrected chi connectivity index (χ4v) is 0.0781. The van der Waals surface area contributed by atoms with Crippen LogP contribution in [0.5, 0.6) is 0 Å². The number of carbonyl (C=O) groups excluding carboxylic acids is 1. The molecule has 0 fully saturated rings. The van der Waals surface area contributed by atoms with Crippen molar-refractivity contribution in [2.45, 2.75) is 13.0 Å². The average Bonchev–Trinajstić information content (AvgIpc) is 2.03. The van der Waals surface area contributed by atoms with Crippen molar-refractivity contribution in [2.24, 2.45) is 0 Å². The van der Waals surface area contributed by atoms with Gasteiger partial charge in [-0.2, -0.15) is 0 Å². The van der Waals surface area contributed by atoms with Crippen LogP contribution < -0.4 is 0 Å². The van der Waals surface area contributed by atoms with Crippen molar-refractivity contribution in [1.29, 1.82) is 0 Å². The molecule has 76 valence electrons. The quantitative estimate of drug-likeness (QED) is 0.385. The number of hydrogen-bond acceptors (Lipinski definition) is 5. The molecule has 7 nitrogen and oxygen atoms in total. The molecule has 0 aliphatic carbocycles. The van der Waals surface area contributed by atoms with E-state index in [0.717, 1.165) is 6.92 Å². The van der Waals surface area contributed by atoms with Gasteiger partial charge in [-0.15, -0.1) is 0 Å². The minimum Gasteiger partial charge on any atom is -0.479 e. The van der Waals surface area contributed by atoms with E-state index in [1.54, 1.807) is 0 Å². The predicted octanol–water partition coefficient (Wildman–Crippen LogP) is -1.92. The van der Waals surface area contributed by atoms with Gasteiger partial charge in [-0.3, -0.25) is 4.79 Å². The lowest BCUT2D eigenvalue weighted by Crippen LogP contribution is -2.22. The van der Waals surface area contributed by atoms with Gasteiger partial charge in [0.05, 0.1) is 6.61 Å². The molecule has 1 atom stereocenters. The minimum absolute atomic E-state index is 0.727. The molecule has 0 amide bonds. The van der Waals surface area contributed by atoms with Gasteiger partial charge in [-0.25, -0.2) is 9.59 Å². The second-order valence-corrected chi connectivity index (χ2v) is 1.90. The molecule has 0 rings (SSSR count). The first-order valence-corrected chi connectivity index (χ1v) is 3.08. The van der Waals surface area contributed by atoms with E-state index in [-0.39, 0.29) is 0 Å². The first kappa shape index (κ1) is 14.1. The van der Waals surface area contributed by atoms with Gasteiger partial charge in [-0.05, 0) is 0 Å². The summed E-state index contributed by atoms with van der Waals surface area (Å²) in [7, 11) is 0. The minimum atomic E-state index is -1.63. The molecular weight excluding hydrogens is 184 g/mol. The number of aliphatic hydroxyl groups excluding tert-OH is 2. The molecule has 13 heavy (non-hydrogen) atoms. The Balaban J connectivity index is 0. The van der Waals surface area contributed by atoms with E-state index >= 15 is 0 Å². The Hall–Kier alpha value is -1.47. The van der Waals surface area contributed by atoms with Crippen molar-refractivity contribution in [3.8, 4) is 0 Å². The summed E-state index contributed by atoms with van der Waals surface area (Å²) in [6, 6.07) is 0. The number of carboxylic acid groups (broad SMARTS) is 2. The first-order chi connectivity index (χ1) is 5.82. The molecule has 0 aromatic rings. The molecule has 0 aliphatic rings. The number of aliphatic carboxylic acids is 2. The monoisotopic (exact) mass is 194 g/mol. The van der Waals surface area contributed by atoms with Crippen LogP contribution in [0.1, 0.15) is 6.92 Å². The van der Waals surface area contributed by atoms with Gasteiger partial charge in [0.2, 0.25) is 5.78 Å². The second-order valence-electron chi connectivity index (χ2n) is 1.90. The van der Waals surface area contributed by atoms with E-state index in [2.05, 4.69) is 0 Å². The molecular formula is C6H10O7. The fourth-order valence-electron chi connectivity index (χ4n) is 0.0781. The van der Waals surface area contributed by atoms with E-state index in [1.807, 2.05) is 0 Å². The van der Waals surface area contributed by atoms with Gasteiger partial charge in [0.25, 0.3) is 0 Å². The highest BCUT2D eigenvalue weighted by Gasteiger charge is 2.08. The maximum atomic E-state index is 9.54. The van der Waals surface area contributed by atoms with Crippen LogP contribution in [0.25, 0.3) is 0 Å².